The summed E-state index contributed by atoms with van der Waals surface area (Å²) in [6.45, 7) is 4.43. The molecule has 0 saturated carbocycles. The zero-order chi connectivity index (χ0) is 24.5. The molecule has 1 aliphatic rings. The molecule has 182 valence electrons. The average molecular weight is 468 g/mol. The highest BCUT2D eigenvalue weighted by Gasteiger charge is 2.52. The van der Waals surface area contributed by atoms with Crippen LogP contribution in [0.5, 0.6) is 5.75 Å². The van der Waals surface area contributed by atoms with E-state index in [4.69, 9.17) is 28.4 Å². The molecule has 0 spiro atoms. The lowest BCUT2D eigenvalue weighted by molar-refractivity contribution is -0.307. The smallest absolute Gasteiger partial charge is 0.303 e. The molecule has 1 fully saturated rings. The van der Waals surface area contributed by atoms with E-state index >= 15 is 0 Å². The third-order valence-corrected chi connectivity index (χ3v) is 4.56. The molecule has 11 nitrogen and oxygen atoms in total. The molecule has 5 atom stereocenters. The standard InChI is InChI=1S/C22H28O11/c1-12(23)29-11-18-19(30-13(2)24)20(31-14(3)25)21(32-15(4)26)22(33-18)28-10-9-16-5-7-17(27)8-6-16/h5-8,18-22,27H,9-11H2,1-4H3/t18-,19-,20+,21-,22+/m1/s1. The maximum absolute atomic E-state index is 11.8. The molecule has 0 aromatic heterocycles. The Morgan fingerprint density at radius 2 is 1.36 bits per heavy atom. The monoisotopic (exact) mass is 468 g/mol. The Hall–Kier alpha value is -3.18. The second-order valence-electron chi connectivity index (χ2n) is 7.35. The van der Waals surface area contributed by atoms with Gasteiger partial charge < -0.3 is 33.5 Å². The van der Waals surface area contributed by atoms with Gasteiger partial charge in [0.05, 0.1) is 6.61 Å². The average Bonchev–Trinajstić information content (AvgIpc) is 2.71. The SMILES string of the molecule is CC(=O)OC[C@H]1O[C@H](OCCc2ccc(O)cc2)[C@H](OC(C)=O)[C@@H](OC(C)=O)[C@@H]1OC(C)=O. The molecule has 0 bridgehead atoms. The summed E-state index contributed by atoms with van der Waals surface area (Å²) in [5, 5.41) is 9.40. The number of phenolic OH excluding ortho intramolecular Hbond substituents is 1. The van der Waals surface area contributed by atoms with E-state index in [0.717, 1.165) is 26.3 Å². The van der Waals surface area contributed by atoms with Crippen molar-refractivity contribution in [3.63, 3.8) is 0 Å². The van der Waals surface area contributed by atoms with Crippen molar-refractivity contribution in [2.45, 2.75) is 64.8 Å². The third kappa shape index (κ3) is 8.35. The van der Waals surface area contributed by atoms with Gasteiger partial charge in [0.2, 0.25) is 0 Å². The van der Waals surface area contributed by atoms with E-state index in [1.165, 1.54) is 19.1 Å². The van der Waals surface area contributed by atoms with Crippen molar-refractivity contribution in [3.05, 3.63) is 29.8 Å². The lowest BCUT2D eigenvalue weighted by Gasteiger charge is -2.44. The maximum Gasteiger partial charge on any atom is 0.303 e. The highest BCUT2D eigenvalue weighted by Crippen LogP contribution is 2.30. The first-order valence-electron chi connectivity index (χ1n) is 10.3. The number of ether oxygens (including phenoxy) is 6. The van der Waals surface area contributed by atoms with Gasteiger partial charge in [0.1, 0.15) is 18.5 Å². The van der Waals surface area contributed by atoms with Crippen molar-refractivity contribution in [1.82, 2.24) is 0 Å². The Kier molecular flexibility index (Phi) is 9.61. The molecule has 1 aromatic rings. The Morgan fingerprint density at radius 3 is 1.91 bits per heavy atom. The van der Waals surface area contributed by atoms with Gasteiger partial charge in [-0.2, -0.15) is 0 Å². The number of hydrogen-bond donors (Lipinski definition) is 1. The first-order chi connectivity index (χ1) is 15.6. The van der Waals surface area contributed by atoms with E-state index in [2.05, 4.69) is 0 Å². The molecule has 33 heavy (non-hydrogen) atoms. The van der Waals surface area contributed by atoms with Crippen molar-refractivity contribution in [2.24, 2.45) is 0 Å². The number of aromatic hydroxyl groups is 1. The van der Waals surface area contributed by atoms with E-state index in [1.54, 1.807) is 12.1 Å². The fraction of sp³-hybridized carbons (Fsp3) is 0.545. The molecule has 1 aliphatic heterocycles. The fourth-order valence-corrected chi connectivity index (χ4v) is 3.28. The van der Waals surface area contributed by atoms with Gasteiger partial charge in [-0.1, -0.05) is 12.1 Å². The van der Waals surface area contributed by atoms with E-state index in [1.807, 2.05) is 0 Å². The summed E-state index contributed by atoms with van der Waals surface area (Å²) in [5.41, 5.74) is 0.860. The van der Waals surface area contributed by atoms with Crippen LogP contribution in [-0.2, 0) is 54.0 Å². The van der Waals surface area contributed by atoms with Gasteiger partial charge >= 0.3 is 23.9 Å². The van der Waals surface area contributed by atoms with Gasteiger partial charge in [-0.05, 0) is 24.1 Å². The fourth-order valence-electron chi connectivity index (χ4n) is 3.28. The molecule has 1 heterocycles. The van der Waals surface area contributed by atoms with Gasteiger partial charge in [-0.25, -0.2) is 0 Å². The van der Waals surface area contributed by atoms with Crippen LogP contribution in [-0.4, -0.2) is 72.9 Å². The second kappa shape index (κ2) is 12.2. The second-order valence-corrected chi connectivity index (χ2v) is 7.35. The van der Waals surface area contributed by atoms with E-state index in [-0.39, 0.29) is 19.0 Å². The highest BCUT2D eigenvalue weighted by molar-refractivity contribution is 5.68. The van der Waals surface area contributed by atoms with Gasteiger partial charge in [0, 0.05) is 27.7 Å². The quantitative estimate of drug-likeness (QED) is 0.410. The van der Waals surface area contributed by atoms with Crippen molar-refractivity contribution < 1.29 is 52.7 Å². The van der Waals surface area contributed by atoms with Crippen molar-refractivity contribution >= 4 is 23.9 Å². The van der Waals surface area contributed by atoms with Crippen LogP contribution in [0.3, 0.4) is 0 Å². The van der Waals surface area contributed by atoms with Crippen LogP contribution in [0, 0.1) is 0 Å². The molecular weight excluding hydrogens is 440 g/mol. The van der Waals surface area contributed by atoms with Gasteiger partial charge in [0.25, 0.3) is 0 Å². The van der Waals surface area contributed by atoms with Crippen molar-refractivity contribution in [2.75, 3.05) is 13.2 Å². The number of carbonyl (C=O) groups is 4. The minimum absolute atomic E-state index is 0.110. The summed E-state index contributed by atoms with van der Waals surface area (Å²) < 4.78 is 32.6. The molecule has 1 N–H and O–H groups in total. The molecule has 11 heteroatoms. The number of benzene rings is 1. The van der Waals surface area contributed by atoms with Crippen LogP contribution in [0.1, 0.15) is 33.3 Å². The molecule has 0 amide bonds. The summed E-state index contributed by atoms with van der Waals surface area (Å²) in [5.74, 6) is -2.60. The molecule has 1 aromatic carbocycles. The Labute approximate surface area is 190 Å². The number of hydrogen-bond acceptors (Lipinski definition) is 11. The summed E-state index contributed by atoms with van der Waals surface area (Å²) in [7, 11) is 0. The Balaban J connectivity index is 2.27. The first-order valence-corrected chi connectivity index (χ1v) is 10.3. The van der Waals surface area contributed by atoms with Crippen LogP contribution in [0.4, 0.5) is 0 Å². The number of rotatable bonds is 9. The van der Waals surface area contributed by atoms with Crippen LogP contribution >= 0.6 is 0 Å². The molecule has 0 unspecified atom stereocenters. The zero-order valence-corrected chi connectivity index (χ0v) is 18.8. The highest BCUT2D eigenvalue weighted by atomic mass is 16.7. The number of phenols is 1. The molecule has 0 radical (unpaired) electrons. The van der Waals surface area contributed by atoms with E-state index in [9.17, 15) is 24.3 Å². The Morgan fingerprint density at radius 1 is 0.818 bits per heavy atom. The largest absolute Gasteiger partial charge is 0.508 e. The van der Waals surface area contributed by atoms with E-state index < -0.39 is 54.6 Å². The number of esters is 4. The summed E-state index contributed by atoms with van der Waals surface area (Å²) >= 11 is 0. The molecule has 2 rings (SSSR count). The molecule has 1 saturated heterocycles. The summed E-state index contributed by atoms with van der Waals surface area (Å²) in [6, 6.07) is 6.49. The maximum atomic E-state index is 11.8. The predicted octanol–water partition coefficient (Wildman–Crippen LogP) is 1.03. The summed E-state index contributed by atoms with van der Waals surface area (Å²) in [6.07, 6.45) is -5.62. The van der Waals surface area contributed by atoms with Crippen molar-refractivity contribution in [3.8, 4) is 5.75 Å². The lowest BCUT2D eigenvalue weighted by Crippen LogP contribution is -2.63. The minimum atomic E-state index is -1.27. The lowest BCUT2D eigenvalue weighted by atomic mass is 9.98. The van der Waals surface area contributed by atoms with Crippen LogP contribution in [0.2, 0.25) is 0 Å². The van der Waals surface area contributed by atoms with Crippen LogP contribution in [0.25, 0.3) is 0 Å². The minimum Gasteiger partial charge on any atom is -0.508 e. The van der Waals surface area contributed by atoms with Crippen molar-refractivity contribution in [1.29, 1.82) is 0 Å². The van der Waals surface area contributed by atoms with Gasteiger partial charge in [0.15, 0.2) is 24.6 Å². The molecular formula is C22H28O11. The first kappa shape index (κ1) is 26.1. The third-order valence-electron chi connectivity index (χ3n) is 4.56. The topological polar surface area (TPSA) is 144 Å². The normalized spacial score (nSPS) is 24.4. The summed E-state index contributed by atoms with van der Waals surface area (Å²) in [4.78, 5) is 46.6. The van der Waals surface area contributed by atoms with Crippen LogP contribution in [0.15, 0.2) is 24.3 Å². The van der Waals surface area contributed by atoms with Crippen LogP contribution < -0.4 is 0 Å². The number of carbonyl (C=O) groups excluding carboxylic acids is 4. The molecule has 0 aliphatic carbocycles. The predicted molar refractivity (Wildman–Crippen MR) is 110 cm³/mol. The van der Waals surface area contributed by atoms with Gasteiger partial charge in [-0.3, -0.25) is 19.2 Å². The zero-order valence-electron chi connectivity index (χ0n) is 18.8. The van der Waals surface area contributed by atoms with Gasteiger partial charge in [-0.15, -0.1) is 0 Å². The Bertz CT molecular complexity index is 835. The van der Waals surface area contributed by atoms with E-state index in [0.29, 0.717) is 6.42 Å².